The molecule has 1 N–H and O–H groups in total. The molecule has 84 valence electrons. The minimum absolute atomic E-state index is 0.0189. The lowest BCUT2D eigenvalue weighted by molar-refractivity contribution is -0.160. The van der Waals surface area contributed by atoms with Crippen LogP contribution in [0.15, 0.2) is 6.33 Å². The first kappa shape index (κ1) is 11.5. The number of aromatic amines is 1. The molecule has 1 aromatic rings. The summed E-state index contributed by atoms with van der Waals surface area (Å²) in [7, 11) is 1.27. The van der Waals surface area contributed by atoms with Gasteiger partial charge < -0.3 is 4.90 Å². The highest BCUT2D eigenvalue weighted by atomic mass is 19.4. The van der Waals surface area contributed by atoms with Gasteiger partial charge in [-0.15, -0.1) is 0 Å². The van der Waals surface area contributed by atoms with E-state index in [2.05, 4.69) is 15.2 Å². The summed E-state index contributed by atoms with van der Waals surface area (Å²) in [5.41, 5.74) is 0. The second-order valence-electron chi connectivity index (χ2n) is 2.97. The topological polar surface area (TPSA) is 61.9 Å². The Morgan fingerprint density at radius 3 is 2.73 bits per heavy atom. The Kier molecular flexibility index (Phi) is 3.28. The molecule has 0 aliphatic carbocycles. The van der Waals surface area contributed by atoms with E-state index < -0.39 is 18.5 Å². The Bertz CT molecular complexity index is 321. The van der Waals surface area contributed by atoms with Crippen molar-refractivity contribution in [1.82, 2.24) is 20.1 Å². The highest BCUT2D eigenvalue weighted by Crippen LogP contribution is 2.20. The van der Waals surface area contributed by atoms with Crippen LogP contribution in [0, 0.1) is 0 Å². The fourth-order valence-corrected chi connectivity index (χ4v) is 0.926. The number of hydrogen-bond donors (Lipinski definition) is 1. The summed E-state index contributed by atoms with van der Waals surface area (Å²) in [6, 6.07) is 0. The molecule has 0 saturated heterocycles. The van der Waals surface area contributed by atoms with Crippen LogP contribution in [-0.4, -0.2) is 39.2 Å². The second kappa shape index (κ2) is 4.28. The lowest BCUT2D eigenvalue weighted by atomic mass is 10.3. The van der Waals surface area contributed by atoms with Crippen LogP contribution in [0.1, 0.15) is 12.2 Å². The van der Waals surface area contributed by atoms with Crippen LogP contribution in [-0.2, 0) is 11.3 Å². The minimum atomic E-state index is -4.48. The lowest BCUT2D eigenvalue weighted by Crippen LogP contribution is -2.30. The lowest BCUT2D eigenvalue weighted by Gasteiger charge is -2.16. The molecule has 1 aromatic heterocycles. The van der Waals surface area contributed by atoms with E-state index in [9.17, 15) is 18.0 Å². The fraction of sp³-hybridized carbons (Fsp3) is 0.571. The van der Waals surface area contributed by atoms with E-state index in [4.69, 9.17) is 0 Å². The minimum Gasteiger partial charge on any atom is -0.338 e. The predicted molar refractivity (Wildman–Crippen MR) is 43.5 cm³/mol. The number of alkyl halides is 3. The smallest absolute Gasteiger partial charge is 0.338 e. The van der Waals surface area contributed by atoms with E-state index >= 15 is 0 Å². The van der Waals surface area contributed by atoms with Crippen molar-refractivity contribution in [2.24, 2.45) is 0 Å². The standard InChI is InChI=1S/C7H9F3N4O/c1-14(3-5-11-4-12-13-5)6(15)2-7(8,9)10/h4H,2-3H2,1H3,(H,11,12,13). The van der Waals surface area contributed by atoms with Crippen LogP contribution in [0.4, 0.5) is 13.2 Å². The number of halogens is 3. The monoisotopic (exact) mass is 222 g/mol. The second-order valence-corrected chi connectivity index (χ2v) is 2.97. The molecule has 1 heterocycles. The number of H-pyrrole nitrogens is 1. The first-order valence-corrected chi connectivity index (χ1v) is 4.03. The SMILES string of the molecule is CN(Cc1ncn[nH]1)C(=O)CC(F)(F)F. The first-order valence-electron chi connectivity index (χ1n) is 4.03. The normalized spacial score (nSPS) is 11.5. The predicted octanol–water partition coefficient (Wildman–Crippen LogP) is 0.715. The van der Waals surface area contributed by atoms with Crippen molar-refractivity contribution >= 4 is 5.91 Å². The van der Waals surface area contributed by atoms with E-state index in [0.29, 0.717) is 5.82 Å². The molecular formula is C7H9F3N4O. The van der Waals surface area contributed by atoms with Gasteiger partial charge in [0.1, 0.15) is 18.6 Å². The van der Waals surface area contributed by atoms with Crippen LogP contribution in [0.25, 0.3) is 0 Å². The zero-order valence-corrected chi connectivity index (χ0v) is 7.88. The zero-order chi connectivity index (χ0) is 11.5. The Morgan fingerprint density at radius 1 is 1.60 bits per heavy atom. The molecule has 0 bridgehead atoms. The summed E-state index contributed by atoms with van der Waals surface area (Å²) in [4.78, 5) is 15.7. The molecule has 0 saturated carbocycles. The molecule has 1 amide bonds. The molecular weight excluding hydrogens is 213 g/mol. The molecule has 0 unspecified atom stereocenters. The fourth-order valence-electron chi connectivity index (χ4n) is 0.926. The summed E-state index contributed by atoms with van der Waals surface area (Å²) in [6.07, 6.45) is -4.72. The third-order valence-corrected chi connectivity index (χ3v) is 1.63. The highest BCUT2D eigenvalue weighted by molar-refractivity contribution is 5.76. The van der Waals surface area contributed by atoms with Crippen molar-refractivity contribution in [1.29, 1.82) is 0 Å². The largest absolute Gasteiger partial charge is 0.397 e. The quantitative estimate of drug-likeness (QED) is 0.819. The number of nitrogens with zero attached hydrogens (tertiary/aromatic N) is 3. The van der Waals surface area contributed by atoms with Crippen molar-refractivity contribution in [3.05, 3.63) is 12.2 Å². The van der Waals surface area contributed by atoms with Gasteiger partial charge in [-0.2, -0.15) is 18.3 Å². The van der Waals surface area contributed by atoms with E-state index in [1.807, 2.05) is 0 Å². The van der Waals surface area contributed by atoms with Gasteiger partial charge >= 0.3 is 6.18 Å². The summed E-state index contributed by atoms with van der Waals surface area (Å²) >= 11 is 0. The molecule has 0 spiro atoms. The highest BCUT2D eigenvalue weighted by Gasteiger charge is 2.32. The molecule has 0 aromatic carbocycles. The van der Waals surface area contributed by atoms with Gasteiger partial charge in [-0.1, -0.05) is 0 Å². The van der Waals surface area contributed by atoms with E-state index in [1.165, 1.54) is 13.4 Å². The number of rotatable bonds is 3. The number of carbonyl (C=O) groups is 1. The maximum Gasteiger partial charge on any atom is 0.397 e. The third kappa shape index (κ3) is 3.96. The van der Waals surface area contributed by atoms with Gasteiger partial charge in [-0.25, -0.2) is 4.98 Å². The van der Waals surface area contributed by atoms with Gasteiger partial charge in [0.15, 0.2) is 0 Å². The average molecular weight is 222 g/mol. The summed E-state index contributed by atoms with van der Waals surface area (Å²) in [6.45, 7) is -0.0189. The summed E-state index contributed by atoms with van der Waals surface area (Å²) in [5.74, 6) is -0.660. The Balaban J connectivity index is 2.47. The number of carbonyl (C=O) groups excluding carboxylic acids is 1. The maximum absolute atomic E-state index is 11.9. The molecule has 1 rings (SSSR count). The zero-order valence-electron chi connectivity index (χ0n) is 7.88. The van der Waals surface area contributed by atoms with E-state index in [0.717, 1.165) is 4.90 Å². The third-order valence-electron chi connectivity index (χ3n) is 1.63. The van der Waals surface area contributed by atoms with Crippen LogP contribution in [0.5, 0.6) is 0 Å². The van der Waals surface area contributed by atoms with Crippen LogP contribution >= 0.6 is 0 Å². The molecule has 0 aliphatic rings. The number of nitrogens with one attached hydrogen (secondary N) is 1. The number of amides is 1. The molecule has 5 nitrogen and oxygen atoms in total. The van der Waals surface area contributed by atoms with Gasteiger partial charge in [0.25, 0.3) is 0 Å². The molecule has 0 aliphatic heterocycles. The summed E-state index contributed by atoms with van der Waals surface area (Å²) < 4.78 is 35.6. The van der Waals surface area contributed by atoms with E-state index in [-0.39, 0.29) is 6.54 Å². The van der Waals surface area contributed by atoms with Crippen molar-refractivity contribution in [2.45, 2.75) is 19.1 Å². The Hall–Kier alpha value is -1.60. The van der Waals surface area contributed by atoms with Crippen molar-refractivity contribution in [2.75, 3.05) is 7.05 Å². The molecule has 0 radical (unpaired) electrons. The summed E-state index contributed by atoms with van der Waals surface area (Å²) in [5, 5.41) is 5.96. The molecule has 0 fully saturated rings. The van der Waals surface area contributed by atoms with Crippen LogP contribution < -0.4 is 0 Å². The van der Waals surface area contributed by atoms with Gasteiger partial charge in [-0.3, -0.25) is 9.89 Å². The van der Waals surface area contributed by atoms with Crippen molar-refractivity contribution in [3.63, 3.8) is 0 Å². The number of aromatic nitrogens is 3. The van der Waals surface area contributed by atoms with E-state index in [1.54, 1.807) is 0 Å². The Labute approximate surface area is 83.3 Å². The maximum atomic E-state index is 11.9. The average Bonchev–Trinajstić information content (AvgIpc) is 2.53. The van der Waals surface area contributed by atoms with Crippen molar-refractivity contribution < 1.29 is 18.0 Å². The van der Waals surface area contributed by atoms with Gasteiger partial charge in [0.2, 0.25) is 5.91 Å². The molecule has 15 heavy (non-hydrogen) atoms. The number of hydrogen-bond acceptors (Lipinski definition) is 3. The van der Waals surface area contributed by atoms with Gasteiger partial charge in [-0.05, 0) is 0 Å². The van der Waals surface area contributed by atoms with Crippen LogP contribution in [0.2, 0.25) is 0 Å². The first-order chi connectivity index (χ1) is 6.88. The van der Waals surface area contributed by atoms with Crippen molar-refractivity contribution in [3.8, 4) is 0 Å². The van der Waals surface area contributed by atoms with Crippen LogP contribution in [0.3, 0.4) is 0 Å². The molecule has 0 atom stereocenters. The molecule has 8 heteroatoms. The van der Waals surface area contributed by atoms with Gasteiger partial charge in [0, 0.05) is 7.05 Å². The Morgan fingerprint density at radius 2 is 2.27 bits per heavy atom. The van der Waals surface area contributed by atoms with Gasteiger partial charge in [0.05, 0.1) is 6.54 Å².